The van der Waals surface area contributed by atoms with E-state index >= 15 is 0 Å². The summed E-state index contributed by atoms with van der Waals surface area (Å²) in [6, 6.07) is 18.6. The highest BCUT2D eigenvalue weighted by atomic mass is 32.2. The summed E-state index contributed by atoms with van der Waals surface area (Å²) in [5.74, 6) is -0.447. The molecule has 1 atom stereocenters. The van der Waals surface area contributed by atoms with Crippen molar-refractivity contribution in [2.24, 2.45) is 0 Å². The third-order valence-corrected chi connectivity index (χ3v) is 8.64. The first-order valence-electron chi connectivity index (χ1n) is 13.9. The van der Waals surface area contributed by atoms with Crippen LogP contribution in [0, 0.1) is 20.8 Å². The van der Waals surface area contributed by atoms with Crippen molar-refractivity contribution >= 4 is 27.5 Å². The van der Waals surface area contributed by atoms with E-state index in [0.717, 1.165) is 33.0 Å². The van der Waals surface area contributed by atoms with Gasteiger partial charge in [-0.3, -0.25) is 13.9 Å². The van der Waals surface area contributed by atoms with Gasteiger partial charge in [-0.2, -0.15) is 0 Å². The van der Waals surface area contributed by atoms with Crippen molar-refractivity contribution in [1.82, 2.24) is 10.2 Å². The lowest BCUT2D eigenvalue weighted by molar-refractivity contribution is -0.140. The molecular weight excluding hydrogens is 538 g/mol. The maximum atomic E-state index is 14.2. The Labute approximate surface area is 244 Å². The molecule has 3 aromatic carbocycles. The number of carbonyl (C=O) groups excluding carboxylic acids is 2. The molecule has 0 aliphatic rings. The number of methoxy groups -OCH3 is 1. The monoisotopic (exact) mass is 579 g/mol. The van der Waals surface area contributed by atoms with Crippen molar-refractivity contribution in [3.05, 3.63) is 89.0 Å². The number of anilines is 1. The Balaban J connectivity index is 2.12. The van der Waals surface area contributed by atoms with Gasteiger partial charge in [-0.25, -0.2) is 8.42 Å². The molecule has 41 heavy (non-hydrogen) atoms. The van der Waals surface area contributed by atoms with E-state index in [1.165, 1.54) is 24.1 Å². The number of sulfonamides is 1. The number of ether oxygens (including phenoxy) is 1. The van der Waals surface area contributed by atoms with Gasteiger partial charge < -0.3 is 15.0 Å². The molecule has 0 heterocycles. The fourth-order valence-electron chi connectivity index (χ4n) is 4.64. The third-order valence-electron chi connectivity index (χ3n) is 6.86. The fraction of sp³-hybridized carbons (Fsp3) is 0.375. The standard InChI is InChI=1S/C32H41N3O5S/c1-7-18-33-32(37)28(8-2)34(21-26-11-9-10-24(4)19-26)31(36)22-35(29-20-25(5)14-17-30(29)40-6)41(38,39)27-15-12-23(3)13-16-27/h9-17,19-20,28H,7-8,18,21-22H2,1-6H3,(H,33,37)/t28-/m1/s1. The summed E-state index contributed by atoms with van der Waals surface area (Å²) < 4.78 is 34.9. The van der Waals surface area contributed by atoms with E-state index in [4.69, 9.17) is 4.74 Å². The lowest BCUT2D eigenvalue weighted by Crippen LogP contribution is -2.52. The number of amides is 2. The Morgan fingerprint density at radius 3 is 2.17 bits per heavy atom. The molecule has 0 spiro atoms. The maximum Gasteiger partial charge on any atom is 0.264 e. The van der Waals surface area contributed by atoms with Gasteiger partial charge >= 0.3 is 0 Å². The van der Waals surface area contributed by atoms with Crippen LogP contribution in [-0.2, 0) is 26.2 Å². The summed E-state index contributed by atoms with van der Waals surface area (Å²) in [5, 5.41) is 2.90. The SMILES string of the molecule is CCCNC(=O)[C@@H](CC)N(Cc1cccc(C)c1)C(=O)CN(c1cc(C)ccc1OC)S(=O)(=O)c1ccc(C)cc1. The van der Waals surface area contributed by atoms with Gasteiger partial charge in [0.2, 0.25) is 11.8 Å². The van der Waals surface area contributed by atoms with Crippen LogP contribution in [0.3, 0.4) is 0 Å². The van der Waals surface area contributed by atoms with Crippen molar-refractivity contribution in [1.29, 1.82) is 0 Å². The van der Waals surface area contributed by atoms with Gasteiger partial charge in [0, 0.05) is 13.1 Å². The number of rotatable bonds is 13. The number of hydrogen-bond donors (Lipinski definition) is 1. The summed E-state index contributed by atoms with van der Waals surface area (Å²) >= 11 is 0. The molecule has 0 radical (unpaired) electrons. The van der Waals surface area contributed by atoms with Crippen LogP contribution < -0.4 is 14.4 Å². The zero-order chi connectivity index (χ0) is 30.2. The minimum atomic E-state index is -4.19. The number of nitrogens with one attached hydrogen (secondary N) is 1. The summed E-state index contributed by atoms with van der Waals surface area (Å²) in [7, 11) is -2.73. The smallest absolute Gasteiger partial charge is 0.264 e. The van der Waals surface area contributed by atoms with Crippen LogP contribution >= 0.6 is 0 Å². The molecule has 0 saturated heterocycles. The van der Waals surface area contributed by atoms with E-state index in [1.807, 2.05) is 65.0 Å². The maximum absolute atomic E-state index is 14.2. The summed E-state index contributed by atoms with van der Waals surface area (Å²) in [4.78, 5) is 29.0. The first-order valence-corrected chi connectivity index (χ1v) is 15.3. The molecule has 0 aliphatic heterocycles. The van der Waals surface area contributed by atoms with Gasteiger partial charge in [0.1, 0.15) is 18.3 Å². The molecule has 0 saturated carbocycles. The molecule has 3 rings (SSSR count). The second-order valence-electron chi connectivity index (χ2n) is 10.2. The van der Waals surface area contributed by atoms with E-state index in [1.54, 1.807) is 24.3 Å². The van der Waals surface area contributed by atoms with Crippen molar-refractivity contribution in [2.75, 3.05) is 24.5 Å². The summed E-state index contributed by atoms with van der Waals surface area (Å²) in [5.41, 5.74) is 3.83. The first-order chi connectivity index (χ1) is 19.5. The van der Waals surface area contributed by atoms with Crippen molar-refractivity contribution < 1.29 is 22.7 Å². The van der Waals surface area contributed by atoms with Gasteiger partial charge in [0.05, 0.1) is 17.7 Å². The lowest BCUT2D eigenvalue weighted by Gasteiger charge is -2.33. The Bertz CT molecular complexity index is 1450. The van der Waals surface area contributed by atoms with Crippen molar-refractivity contribution in [3.8, 4) is 5.75 Å². The van der Waals surface area contributed by atoms with Gasteiger partial charge in [0.15, 0.2) is 0 Å². The van der Waals surface area contributed by atoms with Crippen LogP contribution in [0.25, 0.3) is 0 Å². The van der Waals surface area contributed by atoms with Crippen LogP contribution in [0.1, 0.15) is 48.9 Å². The highest BCUT2D eigenvalue weighted by Gasteiger charge is 2.34. The summed E-state index contributed by atoms with van der Waals surface area (Å²) in [6.45, 7) is 9.60. The van der Waals surface area contributed by atoms with Crippen LogP contribution in [-0.4, -0.2) is 51.4 Å². The van der Waals surface area contributed by atoms with Crippen molar-refractivity contribution in [3.63, 3.8) is 0 Å². The number of nitrogens with zero attached hydrogens (tertiary/aromatic N) is 2. The van der Waals surface area contributed by atoms with Crippen LogP contribution in [0.15, 0.2) is 71.6 Å². The van der Waals surface area contributed by atoms with Gasteiger partial charge in [0.25, 0.3) is 10.0 Å². The van der Waals surface area contributed by atoms with E-state index in [0.29, 0.717) is 18.7 Å². The van der Waals surface area contributed by atoms with Crippen LogP contribution in [0.5, 0.6) is 5.75 Å². The number of aryl methyl sites for hydroxylation is 3. The lowest BCUT2D eigenvalue weighted by atomic mass is 10.1. The predicted octanol–water partition coefficient (Wildman–Crippen LogP) is 5.15. The second kappa shape index (κ2) is 14.2. The number of benzene rings is 3. The third kappa shape index (κ3) is 7.88. The quantitative estimate of drug-likeness (QED) is 0.302. The van der Waals surface area contributed by atoms with E-state index in [-0.39, 0.29) is 23.0 Å². The average Bonchev–Trinajstić information content (AvgIpc) is 2.94. The van der Waals surface area contributed by atoms with Gasteiger partial charge in [-0.05, 0) is 69.0 Å². The molecule has 9 heteroatoms. The van der Waals surface area contributed by atoms with Gasteiger partial charge in [-0.1, -0.05) is 67.4 Å². The minimum absolute atomic E-state index is 0.0532. The zero-order valence-corrected chi connectivity index (χ0v) is 25.6. The molecule has 8 nitrogen and oxygen atoms in total. The molecule has 220 valence electrons. The molecule has 1 N–H and O–H groups in total. The normalized spacial score (nSPS) is 12.0. The zero-order valence-electron chi connectivity index (χ0n) is 24.8. The summed E-state index contributed by atoms with van der Waals surface area (Å²) in [6.07, 6.45) is 1.12. The second-order valence-corrected chi connectivity index (χ2v) is 12.1. The molecule has 3 aromatic rings. The van der Waals surface area contributed by atoms with Crippen LogP contribution in [0.2, 0.25) is 0 Å². The Morgan fingerprint density at radius 1 is 0.902 bits per heavy atom. The highest BCUT2D eigenvalue weighted by Crippen LogP contribution is 2.34. The Hall–Kier alpha value is -3.85. The predicted molar refractivity (Wildman–Crippen MR) is 163 cm³/mol. The molecule has 0 bridgehead atoms. The molecule has 0 aromatic heterocycles. The molecule has 0 aliphatic carbocycles. The number of hydrogen-bond acceptors (Lipinski definition) is 5. The van der Waals surface area contributed by atoms with Crippen LogP contribution in [0.4, 0.5) is 5.69 Å². The molecular formula is C32H41N3O5S. The Morgan fingerprint density at radius 2 is 1.56 bits per heavy atom. The molecule has 0 unspecified atom stereocenters. The van der Waals surface area contributed by atoms with E-state index in [2.05, 4.69) is 5.32 Å². The van der Waals surface area contributed by atoms with E-state index in [9.17, 15) is 18.0 Å². The van der Waals surface area contributed by atoms with Crippen molar-refractivity contribution in [2.45, 2.75) is 64.9 Å². The molecule has 0 fully saturated rings. The van der Waals surface area contributed by atoms with E-state index < -0.39 is 28.5 Å². The fourth-order valence-corrected chi connectivity index (χ4v) is 6.05. The molecule has 2 amide bonds. The largest absolute Gasteiger partial charge is 0.495 e. The Kier molecular flexibility index (Phi) is 10.9. The first kappa shape index (κ1) is 31.7. The average molecular weight is 580 g/mol. The highest BCUT2D eigenvalue weighted by molar-refractivity contribution is 7.92. The van der Waals surface area contributed by atoms with Gasteiger partial charge in [-0.15, -0.1) is 0 Å². The minimum Gasteiger partial charge on any atom is -0.495 e. The topological polar surface area (TPSA) is 96.0 Å². The number of carbonyl (C=O) groups is 2.